The molecule has 0 radical (unpaired) electrons. The van der Waals surface area contributed by atoms with E-state index in [2.05, 4.69) is 0 Å². The largest absolute Gasteiger partial charge is 0.507 e. The standard InChI is InChI=1S/C16H13NO4S/c17-16-13(10-4-2-1-3-5-10)7-6-11-8-12(22(19,20)21)9-14(18)15(11)16/h1-9,18H,17H2,(H,19,20,21). The fraction of sp³-hybridized carbons (Fsp3) is 0. The Bertz CT molecular complexity index is 966. The minimum atomic E-state index is -4.39. The minimum absolute atomic E-state index is 0.291. The van der Waals surface area contributed by atoms with Gasteiger partial charge in [-0.3, -0.25) is 4.55 Å². The van der Waals surface area contributed by atoms with Crippen LogP contribution in [0.4, 0.5) is 5.69 Å². The highest BCUT2D eigenvalue weighted by molar-refractivity contribution is 7.85. The molecule has 0 saturated heterocycles. The quantitative estimate of drug-likeness (QED) is 0.498. The second-order valence-electron chi connectivity index (χ2n) is 4.91. The predicted molar refractivity (Wildman–Crippen MR) is 85.3 cm³/mol. The summed E-state index contributed by atoms with van der Waals surface area (Å²) in [6, 6.07) is 15.1. The Labute approximate surface area is 127 Å². The van der Waals surface area contributed by atoms with Gasteiger partial charge in [0.25, 0.3) is 10.1 Å². The van der Waals surface area contributed by atoms with Gasteiger partial charge in [-0.2, -0.15) is 8.42 Å². The van der Waals surface area contributed by atoms with Gasteiger partial charge in [-0.25, -0.2) is 0 Å². The lowest BCUT2D eigenvalue weighted by atomic mass is 9.98. The monoisotopic (exact) mass is 315 g/mol. The molecule has 0 fully saturated rings. The van der Waals surface area contributed by atoms with E-state index in [1.54, 1.807) is 12.1 Å². The molecular formula is C16H13NO4S. The lowest BCUT2D eigenvalue weighted by Crippen LogP contribution is -1.99. The molecule has 0 aliphatic carbocycles. The molecule has 0 amide bonds. The topological polar surface area (TPSA) is 101 Å². The lowest BCUT2D eigenvalue weighted by molar-refractivity contribution is 0.471. The number of anilines is 1. The lowest BCUT2D eigenvalue weighted by Gasteiger charge is -2.12. The van der Waals surface area contributed by atoms with Gasteiger partial charge in [0.2, 0.25) is 0 Å². The molecule has 0 atom stereocenters. The van der Waals surface area contributed by atoms with E-state index in [-0.39, 0.29) is 10.6 Å². The third-order valence-electron chi connectivity index (χ3n) is 3.49. The minimum Gasteiger partial charge on any atom is -0.507 e. The van der Waals surface area contributed by atoms with Gasteiger partial charge in [0, 0.05) is 17.0 Å². The van der Waals surface area contributed by atoms with Gasteiger partial charge >= 0.3 is 0 Å². The molecule has 22 heavy (non-hydrogen) atoms. The molecule has 6 heteroatoms. The number of aromatic hydroxyl groups is 1. The van der Waals surface area contributed by atoms with Crippen molar-refractivity contribution in [1.29, 1.82) is 0 Å². The molecule has 5 nitrogen and oxygen atoms in total. The fourth-order valence-corrected chi connectivity index (χ4v) is 3.00. The first-order valence-electron chi connectivity index (χ1n) is 6.46. The molecule has 0 spiro atoms. The highest BCUT2D eigenvalue weighted by atomic mass is 32.2. The summed E-state index contributed by atoms with van der Waals surface area (Å²) in [5, 5.41) is 10.9. The van der Waals surface area contributed by atoms with Crippen LogP contribution in [-0.2, 0) is 10.1 Å². The molecule has 3 aromatic carbocycles. The van der Waals surface area contributed by atoms with E-state index in [1.807, 2.05) is 30.3 Å². The van der Waals surface area contributed by atoms with E-state index >= 15 is 0 Å². The van der Waals surface area contributed by atoms with Crippen molar-refractivity contribution in [2.45, 2.75) is 4.90 Å². The number of hydrogen-bond donors (Lipinski definition) is 3. The van der Waals surface area contributed by atoms with Gasteiger partial charge < -0.3 is 10.8 Å². The summed E-state index contributed by atoms with van der Waals surface area (Å²) in [6.07, 6.45) is 0. The number of nitrogen functional groups attached to an aromatic ring is 1. The van der Waals surface area contributed by atoms with E-state index in [0.29, 0.717) is 16.5 Å². The summed E-state index contributed by atoms with van der Waals surface area (Å²) >= 11 is 0. The van der Waals surface area contributed by atoms with Gasteiger partial charge in [0.05, 0.1) is 10.6 Å². The summed E-state index contributed by atoms with van der Waals surface area (Å²) in [7, 11) is -4.39. The smallest absolute Gasteiger partial charge is 0.294 e. The molecule has 0 saturated carbocycles. The molecule has 112 valence electrons. The Morgan fingerprint density at radius 2 is 1.64 bits per heavy atom. The van der Waals surface area contributed by atoms with Crippen molar-refractivity contribution in [2.75, 3.05) is 5.73 Å². The zero-order valence-corrected chi connectivity index (χ0v) is 12.2. The van der Waals surface area contributed by atoms with Gasteiger partial charge in [-0.05, 0) is 17.0 Å². The number of phenolic OH excluding ortho intramolecular Hbond substituents is 1. The maximum absolute atomic E-state index is 11.2. The van der Waals surface area contributed by atoms with E-state index in [0.717, 1.165) is 17.2 Å². The Balaban J connectivity index is 2.31. The van der Waals surface area contributed by atoms with Crippen LogP contribution in [0.1, 0.15) is 0 Å². The Morgan fingerprint density at radius 1 is 0.955 bits per heavy atom. The van der Waals surface area contributed by atoms with Gasteiger partial charge in [-0.1, -0.05) is 42.5 Å². The normalized spacial score (nSPS) is 11.7. The third-order valence-corrected chi connectivity index (χ3v) is 4.32. The molecule has 0 bridgehead atoms. The molecule has 0 heterocycles. The number of hydrogen-bond acceptors (Lipinski definition) is 4. The summed E-state index contributed by atoms with van der Waals surface area (Å²) in [4.78, 5) is -0.371. The van der Waals surface area contributed by atoms with E-state index < -0.39 is 10.1 Å². The van der Waals surface area contributed by atoms with Crippen LogP contribution in [0.5, 0.6) is 5.75 Å². The number of fused-ring (bicyclic) bond motifs is 1. The van der Waals surface area contributed by atoms with Crippen molar-refractivity contribution in [3.8, 4) is 16.9 Å². The molecule has 3 aromatic rings. The van der Waals surface area contributed by atoms with Crippen LogP contribution in [-0.4, -0.2) is 18.1 Å². The summed E-state index contributed by atoms with van der Waals surface area (Å²) in [5.74, 6) is -0.291. The van der Waals surface area contributed by atoms with E-state index in [1.165, 1.54) is 6.07 Å². The third kappa shape index (κ3) is 2.38. The van der Waals surface area contributed by atoms with Gasteiger partial charge in [0.15, 0.2) is 0 Å². The number of nitrogens with two attached hydrogens (primary N) is 1. The van der Waals surface area contributed by atoms with Crippen molar-refractivity contribution in [3.63, 3.8) is 0 Å². The highest BCUT2D eigenvalue weighted by Gasteiger charge is 2.16. The Hall–Kier alpha value is -2.57. The first-order chi connectivity index (χ1) is 10.4. The van der Waals surface area contributed by atoms with E-state index in [4.69, 9.17) is 10.3 Å². The Kier molecular flexibility index (Phi) is 3.27. The maximum Gasteiger partial charge on any atom is 0.294 e. The average molecular weight is 315 g/mol. The van der Waals surface area contributed by atoms with Crippen molar-refractivity contribution >= 4 is 26.6 Å². The van der Waals surface area contributed by atoms with Crippen LogP contribution >= 0.6 is 0 Å². The maximum atomic E-state index is 11.2. The second kappa shape index (κ2) is 5.01. The Morgan fingerprint density at radius 3 is 2.27 bits per heavy atom. The first kappa shape index (κ1) is 14.4. The number of benzene rings is 3. The van der Waals surface area contributed by atoms with Crippen molar-refractivity contribution in [1.82, 2.24) is 0 Å². The van der Waals surface area contributed by atoms with Crippen LogP contribution in [0.2, 0.25) is 0 Å². The zero-order chi connectivity index (χ0) is 15.9. The van der Waals surface area contributed by atoms with Crippen LogP contribution in [0, 0.1) is 0 Å². The van der Waals surface area contributed by atoms with Crippen LogP contribution in [0.25, 0.3) is 21.9 Å². The number of rotatable bonds is 2. The van der Waals surface area contributed by atoms with Crippen LogP contribution < -0.4 is 5.73 Å². The van der Waals surface area contributed by atoms with E-state index in [9.17, 15) is 13.5 Å². The summed E-state index contributed by atoms with van der Waals surface area (Å²) in [5.41, 5.74) is 8.12. The first-order valence-corrected chi connectivity index (χ1v) is 7.90. The fourth-order valence-electron chi connectivity index (χ4n) is 2.46. The molecule has 0 aromatic heterocycles. The molecule has 4 N–H and O–H groups in total. The highest BCUT2D eigenvalue weighted by Crippen LogP contribution is 2.38. The van der Waals surface area contributed by atoms with Crippen LogP contribution in [0.15, 0.2) is 59.5 Å². The molecular weight excluding hydrogens is 302 g/mol. The average Bonchev–Trinajstić information content (AvgIpc) is 2.47. The predicted octanol–water partition coefficient (Wildman–Crippen LogP) is 3.04. The van der Waals surface area contributed by atoms with Gasteiger partial charge in [0.1, 0.15) is 5.75 Å². The molecule has 0 aliphatic heterocycles. The summed E-state index contributed by atoms with van der Waals surface area (Å²) in [6.45, 7) is 0. The van der Waals surface area contributed by atoms with Crippen molar-refractivity contribution in [3.05, 3.63) is 54.6 Å². The van der Waals surface area contributed by atoms with Gasteiger partial charge in [-0.15, -0.1) is 0 Å². The second-order valence-corrected chi connectivity index (χ2v) is 6.33. The molecule has 0 aliphatic rings. The zero-order valence-electron chi connectivity index (χ0n) is 11.4. The molecule has 3 rings (SSSR count). The molecule has 0 unspecified atom stereocenters. The summed E-state index contributed by atoms with van der Waals surface area (Å²) < 4.78 is 31.5. The van der Waals surface area contributed by atoms with Crippen molar-refractivity contribution < 1.29 is 18.1 Å². The van der Waals surface area contributed by atoms with Crippen molar-refractivity contribution in [2.24, 2.45) is 0 Å². The van der Waals surface area contributed by atoms with Crippen LogP contribution in [0.3, 0.4) is 0 Å². The SMILES string of the molecule is Nc1c(-c2ccccc2)ccc2cc(S(=O)(=O)O)cc(O)c12. The number of phenols is 1.